The second kappa shape index (κ2) is 7.84. The van der Waals surface area contributed by atoms with Crippen molar-refractivity contribution < 1.29 is 9.59 Å². The molecular weight excluding hydrogens is 456 g/mol. The van der Waals surface area contributed by atoms with E-state index in [1.165, 1.54) is 10.5 Å². The van der Waals surface area contributed by atoms with Gasteiger partial charge in [-0.2, -0.15) is 0 Å². The number of rotatable bonds is 3. The summed E-state index contributed by atoms with van der Waals surface area (Å²) < 4.78 is 0. The first-order valence-electron chi connectivity index (χ1n) is 12.8. The molecule has 0 spiro atoms. The molecule has 2 atom stereocenters. The number of nitrogens with zero attached hydrogens (tertiary/aromatic N) is 2. The van der Waals surface area contributed by atoms with Gasteiger partial charge < -0.3 is 0 Å². The van der Waals surface area contributed by atoms with Crippen molar-refractivity contribution in [2.45, 2.75) is 25.2 Å². The lowest BCUT2D eigenvalue weighted by Gasteiger charge is -2.52. The van der Waals surface area contributed by atoms with Gasteiger partial charge in [0.1, 0.15) is 0 Å². The van der Waals surface area contributed by atoms with E-state index in [4.69, 9.17) is 4.99 Å². The number of hydrogen-bond donors (Lipinski definition) is 0. The second-order valence-corrected chi connectivity index (χ2v) is 10.4. The first-order valence-corrected chi connectivity index (χ1v) is 12.8. The van der Waals surface area contributed by atoms with Crippen LogP contribution < -0.4 is 4.90 Å². The largest absolute Gasteiger partial charge is 0.274 e. The minimum Gasteiger partial charge on any atom is -0.274 e. The first-order chi connectivity index (χ1) is 18.0. The van der Waals surface area contributed by atoms with Crippen molar-refractivity contribution in [2.24, 2.45) is 16.8 Å². The van der Waals surface area contributed by atoms with Gasteiger partial charge in [0, 0.05) is 12.1 Å². The summed E-state index contributed by atoms with van der Waals surface area (Å²) >= 11 is 0. The zero-order chi connectivity index (χ0) is 25.3. The quantitative estimate of drug-likeness (QED) is 0.256. The van der Waals surface area contributed by atoms with Crippen LogP contribution in [0.1, 0.15) is 39.3 Å². The van der Waals surface area contributed by atoms with Crippen molar-refractivity contribution in [3.8, 4) is 0 Å². The zero-order valence-electron chi connectivity index (χ0n) is 20.8. The molecule has 0 aromatic heterocycles. The molecule has 0 radical (unpaired) electrons. The van der Waals surface area contributed by atoms with E-state index in [0.29, 0.717) is 5.69 Å². The van der Waals surface area contributed by atoms with E-state index in [0.717, 1.165) is 33.5 Å². The smallest absolute Gasteiger partial charge is 0.239 e. The zero-order valence-corrected chi connectivity index (χ0v) is 20.8. The number of aryl methyl sites for hydroxylation is 2. The van der Waals surface area contributed by atoms with Crippen molar-refractivity contribution in [3.05, 3.63) is 130 Å². The Morgan fingerprint density at radius 3 is 2.03 bits per heavy atom. The molecule has 8 rings (SSSR count). The molecule has 1 fully saturated rings. The van der Waals surface area contributed by atoms with Gasteiger partial charge in [0.2, 0.25) is 11.8 Å². The number of imide groups is 1. The molecule has 2 amide bonds. The molecule has 180 valence electrons. The fourth-order valence-electron chi connectivity index (χ4n) is 7.00. The number of hydrogen-bond acceptors (Lipinski definition) is 3. The van der Waals surface area contributed by atoms with Gasteiger partial charge in [0.15, 0.2) is 0 Å². The van der Waals surface area contributed by atoms with Crippen molar-refractivity contribution in [1.82, 2.24) is 0 Å². The molecule has 4 nitrogen and oxygen atoms in total. The third-order valence-corrected chi connectivity index (χ3v) is 8.46. The van der Waals surface area contributed by atoms with Crippen LogP contribution in [0.3, 0.4) is 0 Å². The van der Waals surface area contributed by atoms with Gasteiger partial charge in [0.05, 0.1) is 28.6 Å². The molecule has 1 saturated heterocycles. The average Bonchev–Trinajstić information content (AvgIpc) is 3.19. The van der Waals surface area contributed by atoms with Crippen molar-refractivity contribution in [2.75, 3.05) is 4.90 Å². The molecule has 0 N–H and O–H groups in total. The monoisotopic (exact) mass is 482 g/mol. The van der Waals surface area contributed by atoms with Crippen LogP contribution in [-0.4, -0.2) is 18.0 Å². The van der Waals surface area contributed by atoms with Gasteiger partial charge in [-0.1, -0.05) is 84.4 Å². The van der Waals surface area contributed by atoms with Crippen LogP contribution >= 0.6 is 0 Å². The Balaban J connectivity index is 1.52. The normalized spacial score (nSPS) is 25.4. The topological polar surface area (TPSA) is 49.7 Å². The van der Waals surface area contributed by atoms with E-state index < -0.39 is 17.3 Å². The van der Waals surface area contributed by atoms with Gasteiger partial charge in [-0.05, 0) is 59.9 Å². The maximum absolute atomic E-state index is 14.3. The van der Waals surface area contributed by atoms with E-state index in [-0.39, 0.29) is 17.7 Å². The van der Waals surface area contributed by atoms with Crippen molar-refractivity contribution in [1.29, 1.82) is 0 Å². The molecule has 1 aliphatic heterocycles. The summed E-state index contributed by atoms with van der Waals surface area (Å²) in [5.41, 5.74) is 7.29. The molecule has 4 aromatic carbocycles. The van der Waals surface area contributed by atoms with Gasteiger partial charge in [-0.25, -0.2) is 4.90 Å². The molecule has 0 unspecified atom stereocenters. The Hall–Kier alpha value is -4.31. The van der Waals surface area contributed by atoms with Crippen LogP contribution in [-0.2, 0) is 15.0 Å². The number of carbonyl (C=O) groups is 2. The van der Waals surface area contributed by atoms with E-state index in [1.807, 2.05) is 66.9 Å². The summed E-state index contributed by atoms with van der Waals surface area (Å²) in [5, 5.41) is 0. The number of anilines is 1. The Kier molecular flexibility index (Phi) is 4.65. The van der Waals surface area contributed by atoms with Crippen LogP contribution in [0.5, 0.6) is 0 Å². The van der Waals surface area contributed by atoms with Crippen LogP contribution in [0, 0.1) is 25.7 Å². The van der Waals surface area contributed by atoms with E-state index in [2.05, 4.69) is 50.2 Å². The Morgan fingerprint density at radius 1 is 0.757 bits per heavy atom. The third-order valence-electron chi connectivity index (χ3n) is 8.46. The molecular formula is C33H26N2O2. The van der Waals surface area contributed by atoms with Crippen molar-refractivity contribution in [3.63, 3.8) is 0 Å². The molecule has 37 heavy (non-hydrogen) atoms. The van der Waals surface area contributed by atoms with E-state index in [9.17, 15) is 9.59 Å². The minimum atomic E-state index is -0.847. The molecule has 3 aliphatic carbocycles. The summed E-state index contributed by atoms with van der Waals surface area (Å²) in [7, 11) is 0. The summed E-state index contributed by atoms with van der Waals surface area (Å²) in [5.74, 6) is -1.49. The van der Waals surface area contributed by atoms with Crippen LogP contribution in [0.4, 0.5) is 11.4 Å². The predicted molar refractivity (Wildman–Crippen MR) is 145 cm³/mol. The highest BCUT2D eigenvalue weighted by Gasteiger charge is 2.67. The van der Waals surface area contributed by atoms with Gasteiger partial charge >= 0.3 is 0 Å². The molecule has 0 saturated carbocycles. The predicted octanol–water partition coefficient (Wildman–Crippen LogP) is 6.26. The lowest BCUT2D eigenvalue weighted by molar-refractivity contribution is -0.122. The maximum atomic E-state index is 14.3. The Bertz CT molecular complexity index is 1570. The summed E-state index contributed by atoms with van der Waals surface area (Å²) in [6.45, 7) is 4.13. The number of aliphatic imine (C=N–C) groups is 1. The fourth-order valence-corrected chi connectivity index (χ4v) is 7.00. The number of benzene rings is 4. The highest BCUT2D eigenvalue weighted by atomic mass is 16.2. The summed E-state index contributed by atoms with van der Waals surface area (Å²) in [6.07, 6.45) is 1.97. The Morgan fingerprint density at radius 2 is 1.38 bits per heavy atom. The number of para-hydroxylation sites is 1. The molecule has 4 heteroatoms. The molecule has 4 aromatic rings. The number of amides is 2. The fraction of sp³-hybridized carbons (Fsp3) is 0.182. The standard InChI is InChI=1S/C33H26N2O2/c1-20-16-17-27(21(2)18-20)34-19-33-25-14-8-6-12-23(25)28(24-13-7-9-15-26(24)33)29-30(33)32(37)35(31(29)36)22-10-4-3-5-11-22/h3-19,28-30H,1-2H3/t28?,29-,30+,33?/m0/s1. The molecule has 1 heterocycles. The van der Waals surface area contributed by atoms with Crippen molar-refractivity contribution >= 4 is 29.4 Å². The number of carbonyl (C=O) groups excluding carboxylic acids is 2. The highest BCUT2D eigenvalue weighted by Crippen LogP contribution is 2.63. The van der Waals surface area contributed by atoms with Gasteiger partial charge in [-0.3, -0.25) is 14.6 Å². The Labute approximate surface area is 216 Å². The van der Waals surface area contributed by atoms with E-state index in [1.54, 1.807) is 0 Å². The first kappa shape index (κ1) is 21.9. The second-order valence-electron chi connectivity index (χ2n) is 10.4. The summed E-state index contributed by atoms with van der Waals surface area (Å²) in [6, 6.07) is 32.1. The van der Waals surface area contributed by atoms with Gasteiger partial charge in [0.25, 0.3) is 0 Å². The lowest BCUT2D eigenvalue weighted by atomic mass is 9.47. The summed E-state index contributed by atoms with van der Waals surface area (Å²) in [4.78, 5) is 34.9. The third kappa shape index (κ3) is 2.87. The van der Waals surface area contributed by atoms with Crippen LogP contribution in [0.25, 0.3) is 0 Å². The van der Waals surface area contributed by atoms with E-state index >= 15 is 0 Å². The lowest BCUT2D eigenvalue weighted by Crippen LogP contribution is -2.54. The van der Waals surface area contributed by atoms with Crippen LogP contribution in [0.15, 0.2) is 102 Å². The van der Waals surface area contributed by atoms with Gasteiger partial charge in [-0.15, -0.1) is 0 Å². The highest BCUT2D eigenvalue weighted by molar-refractivity contribution is 6.25. The SMILES string of the molecule is Cc1ccc(N=CC23c4ccccc4C(c4ccccc42)[C@@H]2C(=O)N(c4ccccc4)C(=O)[C@@H]23)c(C)c1. The average molecular weight is 483 g/mol. The minimum absolute atomic E-state index is 0.125. The molecule has 2 bridgehead atoms. The maximum Gasteiger partial charge on any atom is 0.239 e. The molecule has 4 aliphatic rings. The van der Waals surface area contributed by atoms with Crippen LogP contribution in [0.2, 0.25) is 0 Å².